The lowest BCUT2D eigenvalue weighted by molar-refractivity contribution is 0.208. The molecule has 0 unspecified atom stereocenters. The van der Waals surface area contributed by atoms with E-state index in [4.69, 9.17) is 0 Å². The Balaban J connectivity index is 1.87. The molecule has 2 amide bonds. The maximum atomic E-state index is 11.7. The topological polar surface area (TPSA) is 45.2 Å². The molecule has 1 saturated heterocycles. The van der Waals surface area contributed by atoms with Gasteiger partial charge in [0.25, 0.3) is 0 Å². The van der Waals surface area contributed by atoms with Crippen molar-refractivity contribution in [1.82, 2.24) is 15.2 Å². The average molecular weight is 219 g/mol. The van der Waals surface area contributed by atoms with Gasteiger partial charge < -0.3 is 10.2 Å². The van der Waals surface area contributed by atoms with Gasteiger partial charge in [0.15, 0.2) is 0 Å². The van der Waals surface area contributed by atoms with Crippen molar-refractivity contribution in [1.29, 1.82) is 0 Å². The Labute approximate surface area is 95.7 Å². The third-order valence-electron chi connectivity index (χ3n) is 2.92. The highest BCUT2D eigenvalue weighted by Crippen LogP contribution is 2.08. The molecule has 1 N–H and O–H groups in total. The van der Waals surface area contributed by atoms with Gasteiger partial charge in [-0.25, -0.2) is 4.79 Å². The molecule has 0 aromatic carbocycles. The van der Waals surface area contributed by atoms with Crippen molar-refractivity contribution in [3.63, 3.8) is 0 Å². The van der Waals surface area contributed by atoms with E-state index >= 15 is 0 Å². The summed E-state index contributed by atoms with van der Waals surface area (Å²) in [6, 6.07) is 3.94. The van der Waals surface area contributed by atoms with Gasteiger partial charge >= 0.3 is 6.03 Å². The predicted octanol–water partition coefficient (Wildman–Crippen LogP) is 1.70. The van der Waals surface area contributed by atoms with E-state index in [1.165, 1.54) is 0 Å². The van der Waals surface area contributed by atoms with Crippen molar-refractivity contribution in [3.05, 3.63) is 29.6 Å². The van der Waals surface area contributed by atoms with Gasteiger partial charge in [-0.05, 0) is 31.4 Å². The number of nitrogens with one attached hydrogen (secondary N) is 1. The molecular formula is C12H17N3O. The number of aromatic nitrogens is 1. The molecule has 1 aromatic rings. The zero-order valence-corrected chi connectivity index (χ0v) is 9.57. The van der Waals surface area contributed by atoms with E-state index in [-0.39, 0.29) is 6.03 Å². The fourth-order valence-electron chi connectivity index (χ4n) is 1.89. The zero-order chi connectivity index (χ0) is 11.4. The number of amides is 2. The first-order chi connectivity index (χ1) is 7.77. The molecule has 4 heteroatoms. The molecular weight excluding hydrogens is 202 g/mol. The van der Waals surface area contributed by atoms with Crippen molar-refractivity contribution >= 4 is 6.03 Å². The number of carbonyl (C=O) groups is 1. The van der Waals surface area contributed by atoms with Crippen LogP contribution in [0.5, 0.6) is 0 Å². The summed E-state index contributed by atoms with van der Waals surface area (Å²) in [4.78, 5) is 17.8. The lowest BCUT2D eigenvalue weighted by atomic mass is 10.2. The Morgan fingerprint density at radius 2 is 2.25 bits per heavy atom. The van der Waals surface area contributed by atoms with Gasteiger partial charge in [-0.15, -0.1) is 0 Å². The highest BCUT2D eigenvalue weighted by Gasteiger charge is 2.17. The van der Waals surface area contributed by atoms with E-state index in [0.717, 1.165) is 37.2 Å². The van der Waals surface area contributed by atoms with E-state index < -0.39 is 0 Å². The van der Waals surface area contributed by atoms with Crippen LogP contribution in [-0.4, -0.2) is 29.0 Å². The highest BCUT2D eigenvalue weighted by atomic mass is 16.2. The van der Waals surface area contributed by atoms with Crippen molar-refractivity contribution in [2.24, 2.45) is 0 Å². The Morgan fingerprint density at radius 1 is 1.50 bits per heavy atom. The van der Waals surface area contributed by atoms with Gasteiger partial charge in [-0.2, -0.15) is 0 Å². The van der Waals surface area contributed by atoms with Crippen LogP contribution in [0.15, 0.2) is 18.3 Å². The van der Waals surface area contributed by atoms with Gasteiger partial charge in [0.1, 0.15) is 0 Å². The van der Waals surface area contributed by atoms with E-state index in [2.05, 4.69) is 10.3 Å². The summed E-state index contributed by atoms with van der Waals surface area (Å²) < 4.78 is 0. The van der Waals surface area contributed by atoms with Crippen LogP contribution < -0.4 is 5.32 Å². The van der Waals surface area contributed by atoms with Crippen LogP contribution in [0.2, 0.25) is 0 Å². The van der Waals surface area contributed by atoms with Gasteiger partial charge in [-0.1, -0.05) is 6.07 Å². The first kappa shape index (κ1) is 10.9. The molecule has 1 aliphatic heterocycles. The van der Waals surface area contributed by atoms with Crippen LogP contribution in [-0.2, 0) is 6.54 Å². The molecule has 1 aliphatic rings. The largest absolute Gasteiger partial charge is 0.332 e. The molecule has 0 saturated carbocycles. The third kappa shape index (κ3) is 2.51. The molecule has 0 aliphatic carbocycles. The molecule has 0 radical (unpaired) electrons. The summed E-state index contributed by atoms with van der Waals surface area (Å²) in [5, 5.41) is 2.91. The SMILES string of the molecule is Cc1cccnc1CNC(=O)N1CCCC1. The number of pyridine rings is 1. The summed E-state index contributed by atoms with van der Waals surface area (Å²) in [5.41, 5.74) is 2.05. The van der Waals surface area contributed by atoms with Crippen LogP contribution in [0.4, 0.5) is 4.79 Å². The van der Waals surface area contributed by atoms with Crippen LogP contribution in [0, 0.1) is 6.92 Å². The monoisotopic (exact) mass is 219 g/mol. The van der Waals surface area contributed by atoms with Crippen LogP contribution in [0.25, 0.3) is 0 Å². The number of rotatable bonds is 2. The van der Waals surface area contributed by atoms with Gasteiger partial charge in [-0.3, -0.25) is 4.98 Å². The fraction of sp³-hybridized carbons (Fsp3) is 0.500. The van der Waals surface area contributed by atoms with Gasteiger partial charge in [0, 0.05) is 19.3 Å². The molecule has 2 heterocycles. The van der Waals surface area contributed by atoms with Crippen molar-refractivity contribution in [2.75, 3.05) is 13.1 Å². The van der Waals surface area contributed by atoms with Crippen LogP contribution >= 0.6 is 0 Å². The molecule has 0 spiro atoms. The number of aryl methyl sites for hydroxylation is 1. The molecule has 16 heavy (non-hydrogen) atoms. The molecule has 2 rings (SSSR count). The fourth-order valence-corrected chi connectivity index (χ4v) is 1.89. The highest BCUT2D eigenvalue weighted by molar-refractivity contribution is 5.74. The minimum atomic E-state index is 0.0301. The maximum Gasteiger partial charge on any atom is 0.317 e. The minimum absolute atomic E-state index is 0.0301. The standard InChI is InChI=1S/C12H17N3O/c1-10-5-4-6-13-11(10)9-14-12(16)15-7-2-3-8-15/h4-6H,2-3,7-9H2,1H3,(H,14,16). The lowest BCUT2D eigenvalue weighted by Crippen LogP contribution is -2.37. The Bertz CT molecular complexity index is 372. The Morgan fingerprint density at radius 3 is 2.94 bits per heavy atom. The zero-order valence-electron chi connectivity index (χ0n) is 9.57. The second kappa shape index (κ2) is 4.96. The number of hydrogen-bond donors (Lipinski definition) is 1. The Hall–Kier alpha value is -1.58. The number of hydrogen-bond acceptors (Lipinski definition) is 2. The second-order valence-corrected chi connectivity index (χ2v) is 4.12. The Kier molecular flexibility index (Phi) is 3.39. The van der Waals surface area contributed by atoms with Crippen LogP contribution in [0.3, 0.4) is 0 Å². The average Bonchev–Trinajstić information content (AvgIpc) is 2.81. The maximum absolute atomic E-state index is 11.7. The van der Waals surface area contributed by atoms with E-state index in [0.29, 0.717) is 6.54 Å². The normalized spacial score (nSPS) is 15.2. The van der Waals surface area contributed by atoms with E-state index in [9.17, 15) is 4.79 Å². The number of nitrogens with zero attached hydrogens (tertiary/aromatic N) is 2. The van der Waals surface area contributed by atoms with E-state index in [1.807, 2.05) is 24.0 Å². The van der Waals surface area contributed by atoms with Crippen LogP contribution in [0.1, 0.15) is 24.1 Å². The molecule has 0 atom stereocenters. The van der Waals surface area contributed by atoms with Gasteiger partial charge in [0.2, 0.25) is 0 Å². The second-order valence-electron chi connectivity index (χ2n) is 4.12. The minimum Gasteiger partial charge on any atom is -0.332 e. The summed E-state index contributed by atoms with van der Waals surface area (Å²) in [5.74, 6) is 0. The number of likely N-dealkylation sites (tertiary alicyclic amines) is 1. The van der Waals surface area contributed by atoms with Crippen molar-refractivity contribution in [2.45, 2.75) is 26.3 Å². The van der Waals surface area contributed by atoms with Crippen molar-refractivity contribution < 1.29 is 4.79 Å². The number of carbonyl (C=O) groups excluding carboxylic acids is 1. The molecule has 0 bridgehead atoms. The summed E-state index contributed by atoms with van der Waals surface area (Å²) in [6.07, 6.45) is 4.00. The first-order valence-electron chi connectivity index (χ1n) is 5.70. The quantitative estimate of drug-likeness (QED) is 0.822. The van der Waals surface area contributed by atoms with E-state index in [1.54, 1.807) is 6.20 Å². The number of urea groups is 1. The first-order valence-corrected chi connectivity index (χ1v) is 5.70. The molecule has 4 nitrogen and oxygen atoms in total. The van der Waals surface area contributed by atoms with Crippen molar-refractivity contribution in [3.8, 4) is 0 Å². The lowest BCUT2D eigenvalue weighted by Gasteiger charge is -2.16. The molecule has 1 aromatic heterocycles. The predicted molar refractivity (Wildman–Crippen MR) is 62.0 cm³/mol. The smallest absolute Gasteiger partial charge is 0.317 e. The summed E-state index contributed by atoms with van der Waals surface area (Å²) in [6.45, 7) is 4.28. The molecule has 1 fully saturated rings. The van der Waals surface area contributed by atoms with Gasteiger partial charge in [0.05, 0.1) is 12.2 Å². The third-order valence-corrected chi connectivity index (χ3v) is 2.92. The molecule has 86 valence electrons. The summed E-state index contributed by atoms with van der Waals surface area (Å²) >= 11 is 0. The summed E-state index contributed by atoms with van der Waals surface area (Å²) in [7, 11) is 0.